The first-order valence-corrected chi connectivity index (χ1v) is 6.44. The van der Waals surface area contributed by atoms with Gasteiger partial charge in [0.1, 0.15) is 11.8 Å². The molecule has 0 amide bonds. The van der Waals surface area contributed by atoms with Crippen LogP contribution in [-0.2, 0) is 0 Å². The van der Waals surface area contributed by atoms with E-state index in [2.05, 4.69) is 17.2 Å². The smallest absolute Gasteiger partial charge is 0.142 e. The predicted octanol–water partition coefficient (Wildman–Crippen LogP) is 2.31. The van der Waals surface area contributed by atoms with Crippen LogP contribution >= 0.6 is 0 Å². The van der Waals surface area contributed by atoms with Gasteiger partial charge in [0.25, 0.3) is 0 Å². The molecule has 1 saturated carbocycles. The Morgan fingerprint density at radius 2 is 2.50 bits per heavy atom. The molecular weight excluding hydrogens is 226 g/mol. The highest BCUT2D eigenvalue weighted by atomic mass is 16.3. The zero-order chi connectivity index (χ0) is 13.0. The molecule has 2 unspecified atom stereocenters. The lowest BCUT2D eigenvalue weighted by atomic mass is 9.79. The van der Waals surface area contributed by atoms with Crippen molar-refractivity contribution in [3.8, 4) is 6.07 Å². The van der Waals surface area contributed by atoms with Crippen molar-refractivity contribution in [1.29, 1.82) is 5.26 Å². The molecule has 18 heavy (non-hydrogen) atoms. The number of nitriles is 1. The second-order valence-corrected chi connectivity index (χ2v) is 5.32. The fraction of sp³-hybridized carbons (Fsp3) is 0.571. The van der Waals surface area contributed by atoms with Crippen molar-refractivity contribution >= 4 is 5.69 Å². The van der Waals surface area contributed by atoms with Crippen LogP contribution < -0.4 is 5.32 Å². The summed E-state index contributed by atoms with van der Waals surface area (Å²) in [7, 11) is 0. The van der Waals surface area contributed by atoms with E-state index in [0.717, 1.165) is 24.9 Å². The fourth-order valence-electron chi connectivity index (χ4n) is 2.66. The predicted molar refractivity (Wildman–Crippen MR) is 70.0 cm³/mol. The van der Waals surface area contributed by atoms with Gasteiger partial charge in [0.2, 0.25) is 0 Å². The van der Waals surface area contributed by atoms with Gasteiger partial charge in [-0.2, -0.15) is 5.26 Å². The van der Waals surface area contributed by atoms with Crippen LogP contribution in [0.4, 0.5) is 5.69 Å². The molecule has 1 aromatic rings. The van der Waals surface area contributed by atoms with Crippen LogP contribution in [0.5, 0.6) is 0 Å². The third kappa shape index (κ3) is 3.21. The number of nitrogens with zero attached hydrogens (tertiary/aromatic N) is 2. The molecular formula is C14H19N3O. The summed E-state index contributed by atoms with van der Waals surface area (Å²) in [6.45, 7) is 2.72. The van der Waals surface area contributed by atoms with Gasteiger partial charge in [-0.3, -0.25) is 0 Å². The molecule has 1 aliphatic rings. The molecule has 1 aliphatic carbocycles. The van der Waals surface area contributed by atoms with Crippen molar-refractivity contribution < 1.29 is 5.11 Å². The fourth-order valence-corrected chi connectivity index (χ4v) is 2.66. The molecule has 4 heteroatoms. The highest BCUT2D eigenvalue weighted by Gasteiger charge is 2.32. The molecule has 96 valence electrons. The Morgan fingerprint density at radius 3 is 3.22 bits per heavy atom. The lowest BCUT2D eigenvalue weighted by Gasteiger charge is -2.35. The maximum atomic E-state index is 10.5. The minimum Gasteiger partial charge on any atom is -0.388 e. The van der Waals surface area contributed by atoms with E-state index in [9.17, 15) is 5.11 Å². The Balaban J connectivity index is 1.96. The average molecular weight is 245 g/mol. The summed E-state index contributed by atoms with van der Waals surface area (Å²) in [5.74, 6) is 0.581. The first kappa shape index (κ1) is 12.8. The number of aliphatic hydroxyl groups is 1. The monoisotopic (exact) mass is 245 g/mol. The van der Waals surface area contributed by atoms with E-state index >= 15 is 0 Å². The van der Waals surface area contributed by atoms with Crippen LogP contribution in [0.2, 0.25) is 0 Å². The molecule has 2 rings (SSSR count). The van der Waals surface area contributed by atoms with Crippen molar-refractivity contribution in [2.45, 2.75) is 38.2 Å². The Kier molecular flexibility index (Phi) is 3.83. The SMILES string of the molecule is CC1CCCC(O)(CNc2ccnc(C#N)c2)C1. The van der Waals surface area contributed by atoms with E-state index in [1.54, 1.807) is 12.3 Å². The van der Waals surface area contributed by atoms with Crippen LogP contribution in [0.15, 0.2) is 18.3 Å². The van der Waals surface area contributed by atoms with Gasteiger partial charge >= 0.3 is 0 Å². The summed E-state index contributed by atoms with van der Waals surface area (Å²) in [5, 5.41) is 22.5. The summed E-state index contributed by atoms with van der Waals surface area (Å²) in [6, 6.07) is 5.53. The summed E-state index contributed by atoms with van der Waals surface area (Å²) in [5.41, 5.74) is 0.616. The zero-order valence-corrected chi connectivity index (χ0v) is 10.7. The largest absolute Gasteiger partial charge is 0.388 e. The van der Waals surface area contributed by atoms with Gasteiger partial charge < -0.3 is 10.4 Å². The molecule has 1 fully saturated rings. The topological polar surface area (TPSA) is 68.9 Å². The number of nitrogens with one attached hydrogen (secondary N) is 1. The lowest BCUT2D eigenvalue weighted by molar-refractivity contribution is -0.000763. The van der Waals surface area contributed by atoms with E-state index in [0.29, 0.717) is 18.2 Å². The molecule has 0 spiro atoms. The molecule has 4 nitrogen and oxygen atoms in total. The van der Waals surface area contributed by atoms with Crippen LogP contribution in [0.25, 0.3) is 0 Å². The van der Waals surface area contributed by atoms with Crippen LogP contribution in [0.1, 0.15) is 38.3 Å². The average Bonchev–Trinajstić information content (AvgIpc) is 2.37. The molecule has 1 heterocycles. The summed E-state index contributed by atoms with van der Waals surface area (Å²) < 4.78 is 0. The van der Waals surface area contributed by atoms with Gasteiger partial charge in [0, 0.05) is 18.4 Å². The molecule has 0 aliphatic heterocycles. The second-order valence-electron chi connectivity index (χ2n) is 5.32. The lowest BCUT2D eigenvalue weighted by Crippen LogP contribution is -2.41. The van der Waals surface area contributed by atoms with Crippen LogP contribution in [-0.4, -0.2) is 22.2 Å². The summed E-state index contributed by atoms with van der Waals surface area (Å²) in [6.07, 6.45) is 5.58. The Bertz CT molecular complexity index is 455. The minimum absolute atomic E-state index is 0.393. The number of hydrogen-bond donors (Lipinski definition) is 2. The van der Waals surface area contributed by atoms with Crippen molar-refractivity contribution in [1.82, 2.24) is 4.98 Å². The van der Waals surface area contributed by atoms with Crippen LogP contribution in [0, 0.1) is 17.2 Å². The molecule has 0 bridgehead atoms. The second kappa shape index (κ2) is 5.36. The third-order valence-corrected chi connectivity index (χ3v) is 3.56. The standard InChI is InChI=1S/C14H19N3O/c1-11-3-2-5-14(18,8-11)10-17-12-4-6-16-13(7-12)9-15/h4,6-7,11,18H,2-3,5,8,10H2,1H3,(H,16,17). The number of pyridine rings is 1. The van der Waals surface area contributed by atoms with Crippen molar-refractivity contribution in [2.24, 2.45) is 5.92 Å². The van der Waals surface area contributed by atoms with E-state index in [1.165, 1.54) is 6.42 Å². The van der Waals surface area contributed by atoms with E-state index < -0.39 is 5.60 Å². The molecule has 2 N–H and O–H groups in total. The number of hydrogen-bond acceptors (Lipinski definition) is 4. The highest BCUT2D eigenvalue weighted by molar-refractivity contribution is 5.46. The van der Waals surface area contributed by atoms with E-state index in [4.69, 9.17) is 5.26 Å². The Morgan fingerprint density at radius 1 is 1.67 bits per heavy atom. The zero-order valence-electron chi connectivity index (χ0n) is 10.7. The highest BCUT2D eigenvalue weighted by Crippen LogP contribution is 2.32. The van der Waals surface area contributed by atoms with Gasteiger partial charge in [-0.1, -0.05) is 19.8 Å². The molecule has 2 atom stereocenters. The van der Waals surface area contributed by atoms with E-state index in [1.807, 2.05) is 12.1 Å². The number of aromatic nitrogens is 1. The quantitative estimate of drug-likeness (QED) is 0.857. The first-order valence-electron chi connectivity index (χ1n) is 6.44. The van der Waals surface area contributed by atoms with E-state index in [-0.39, 0.29) is 0 Å². The Labute approximate surface area is 108 Å². The van der Waals surface area contributed by atoms with Gasteiger partial charge in [-0.25, -0.2) is 4.98 Å². The molecule has 0 saturated heterocycles. The van der Waals surface area contributed by atoms with Crippen molar-refractivity contribution in [2.75, 3.05) is 11.9 Å². The summed E-state index contributed by atoms with van der Waals surface area (Å²) >= 11 is 0. The minimum atomic E-state index is -0.617. The maximum Gasteiger partial charge on any atom is 0.142 e. The normalized spacial score (nSPS) is 27.5. The third-order valence-electron chi connectivity index (χ3n) is 3.56. The molecule has 1 aromatic heterocycles. The molecule has 0 radical (unpaired) electrons. The first-order chi connectivity index (χ1) is 8.61. The van der Waals surface area contributed by atoms with Gasteiger partial charge in [-0.15, -0.1) is 0 Å². The Hall–Kier alpha value is -1.60. The van der Waals surface area contributed by atoms with Crippen molar-refractivity contribution in [3.05, 3.63) is 24.0 Å². The van der Waals surface area contributed by atoms with Gasteiger partial charge in [-0.05, 0) is 30.9 Å². The summed E-state index contributed by atoms with van der Waals surface area (Å²) in [4.78, 5) is 3.92. The molecule has 0 aromatic carbocycles. The maximum absolute atomic E-state index is 10.5. The van der Waals surface area contributed by atoms with Gasteiger partial charge in [0.15, 0.2) is 0 Å². The number of rotatable bonds is 3. The van der Waals surface area contributed by atoms with Crippen molar-refractivity contribution in [3.63, 3.8) is 0 Å². The number of anilines is 1. The van der Waals surface area contributed by atoms with Gasteiger partial charge in [0.05, 0.1) is 5.60 Å². The van der Waals surface area contributed by atoms with Crippen LogP contribution in [0.3, 0.4) is 0 Å².